The van der Waals surface area contributed by atoms with Crippen LogP contribution in [-0.2, 0) is 27.2 Å². The topological polar surface area (TPSA) is 98.6 Å². The van der Waals surface area contributed by atoms with Crippen LogP contribution in [0.25, 0.3) is 0 Å². The Morgan fingerprint density at radius 2 is 1.94 bits per heavy atom. The maximum absolute atomic E-state index is 12.6. The van der Waals surface area contributed by atoms with Gasteiger partial charge in [0.2, 0.25) is 0 Å². The van der Waals surface area contributed by atoms with Crippen LogP contribution < -0.4 is 10.2 Å². The summed E-state index contributed by atoms with van der Waals surface area (Å²) in [6.07, 6.45) is 4.92. The molecule has 3 aliphatic rings. The smallest absolute Gasteiger partial charge is 0.312 e. The van der Waals surface area contributed by atoms with E-state index in [9.17, 15) is 14.9 Å². The molecule has 8 heteroatoms. The SMILES string of the molecule is CC(C)c1nc(N2CCN(C(=O)C(=O)NC[C@@H]3CCCO3)CC2)c(C#N)c2c1CCC2. The van der Waals surface area contributed by atoms with Crippen molar-refractivity contribution < 1.29 is 14.3 Å². The van der Waals surface area contributed by atoms with Crippen molar-refractivity contribution in [1.82, 2.24) is 15.2 Å². The number of carbonyl (C=O) groups is 2. The summed E-state index contributed by atoms with van der Waals surface area (Å²) >= 11 is 0. The summed E-state index contributed by atoms with van der Waals surface area (Å²) in [4.78, 5) is 33.4. The minimum absolute atomic E-state index is 0.0130. The van der Waals surface area contributed by atoms with Gasteiger partial charge in [-0.15, -0.1) is 0 Å². The molecular formula is C23H31N5O3. The monoisotopic (exact) mass is 425 g/mol. The van der Waals surface area contributed by atoms with Gasteiger partial charge < -0.3 is 19.9 Å². The van der Waals surface area contributed by atoms with Crippen molar-refractivity contribution in [2.24, 2.45) is 0 Å². The van der Waals surface area contributed by atoms with Gasteiger partial charge >= 0.3 is 11.8 Å². The molecule has 1 aromatic heterocycles. The lowest BCUT2D eigenvalue weighted by Crippen LogP contribution is -2.53. The molecule has 0 aromatic carbocycles. The first-order chi connectivity index (χ1) is 15.0. The van der Waals surface area contributed by atoms with Gasteiger partial charge in [-0.05, 0) is 49.1 Å². The number of hydrogen-bond donors (Lipinski definition) is 1. The summed E-state index contributed by atoms with van der Waals surface area (Å²) in [6.45, 7) is 7.37. The summed E-state index contributed by atoms with van der Waals surface area (Å²) in [5.74, 6) is -0.0297. The molecule has 2 amide bonds. The number of nitrogens with zero attached hydrogens (tertiary/aromatic N) is 4. The molecule has 0 unspecified atom stereocenters. The molecule has 0 bridgehead atoms. The second kappa shape index (κ2) is 9.23. The van der Waals surface area contributed by atoms with E-state index in [4.69, 9.17) is 9.72 Å². The number of rotatable bonds is 4. The molecule has 0 radical (unpaired) electrons. The van der Waals surface area contributed by atoms with Crippen LogP contribution in [0.1, 0.15) is 61.4 Å². The van der Waals surface area contributed by atoms with Crippen molar-refractivity contribution in [3.05, 3.63) is 22.4 Å². The van der Waals surface area contributed by atoms with Gasteiger partial charge in [0.15, 0.2) is 0 Å². The number of hydrogen-bond acceptors (Lipinski definition) is 6. The number of nitriles is 1. The van der Waals surface area contributed by atoms with Gasteiger partial charge in [-0.3, -0.25) is 9.59 Å². The maximum Gasteiger partial charge on any atom is 0.312 e. The van der Waals surface area contributed by atoms with Crippen LogP contribution in [0.3, 0.4) is 0 Å². The fraction of sp³-hybridized carbons (Fsp3) is 0.652. The fourth-order valence-corrected chi connectivity index (χ4v) is 4.85. The number of anilines is 1. The summed E-state index contributed by atoms with van der Waals surface area (Å²) in [7, 11) is 0. The molecule has 2 saturated heterocycles. The Labute approximate surface area is 183 Å². The maximum atomic E-state index is 12.6. The van der Waals surface area contributed by atoms with Crippen molar-refractivity contribution >= 4 is 17.6 Å². The first-order valence-corrected chi connectivity index (χ1v) is 11.4. The average Bonchev–Trinajstić information content (AvgIpc) is 3.48. The van der Waals surface area contributed by atoms with Crippen molar-refractivity contribution in [1.29, 1.82) is 5.26 Å². The molecule has 1 aliphatic carbocycles. The molecule has 0 spiro atoms. The predicted octanol–water partition coefficient (Wildman–Crippen LogP) is 1.51. The van der Waals surface area contributed by atoms with E-state index in [2.05, 4.69) is 30.1 Å². The third kappa shape index (κ3) is 4.38. The predicted molar refractivity (Wildman–Crippen MR) is 116 cm³/mol. The van der Waals surface area contributed by atoms with E-state index in [-0.39, 0.29) is 6.10 Å². The van der Waals surface area contributed by atoms with E-state index in [0.717, 1.165) is 55.8 Å². The lowest BCUT2D eigenvalue weighted by atomic mass is 9.97. The normalized spacial score (nSPS) is 20.6. The third-order valence-corrected chi connectivity index (χ3v) is 6.51. The summed E-state index contributed by atoms with van der Waals surface area (Å²) in [5.41, 5.74) is 4.19. The third-order valence-electron chi connectivity index (χ3n) is 6.51. The van der Waals surface area contributed by atoms with E-state index < -0.39 is 11.8 Å². The number of piperazine rings is 1. The highest BCUT2D eigenvalue weighted by atomic mass is 16.5. The zero-order chi connectivity index (χ0) is 22.0. The van der Waals surface area contributed by atoms with Crippen molar-refractivity contribution in [3.8, 4) is 6.07 Å². The minimum atomic E-state index is -0.570. The summed E-state index contributed by atoms with van der Waals surface area (Å²) < 4.78 is 5.49. The fourth-order valence-electron chi connectivity index (χ4n) is 4.85. The number of fused-ring (bicyclic) bond motifs is 1. The first-order valence-electron chi connectivity index (χ1n) is 11.4. The average molecular weight is 426 g/mol. The zero-order valence-corrected chi connectivity index (χ0v) is 18.4. The van der Waals surface area contributed by atoms with Crippen molar-refractivity contribution in [2.45, 2.75) is 58.0 Å². The summed E-state index contributed by atoms with van der Waals surface area (Å²) in [5, 5.41) is 12.6. The molecule has 1 N–H and O–H groups in total. The number of nitrogens with one attached hydrogen (secondary N) is 1. The van der Waals surface area contributed by atoms with Crippen molar-refractivity contribution in [3.63, 3.8) is 0 Å². The Balaban J connectivity index is 1.42. The molecule has 4 rings (SSSR count). The van der Waals surface area contributed by atoms with Gasteiger partial charge in [0, 0.05) is 45.0 Å². The number of pyridine rings is 1. The van der Waals surface area contributed by atoms with Gasteiger partial charge in [-0.25, -0.2) is 4.98 Å². The van der Waals surface area contributed by atoms with Crippen LogP contribution in [0.4, 0.5) is 5.82 Å². The van der Waals surface area contributed by atoms with Gasteiger partial charge in [0.05, 0.1) is 11.7 Å². The highest BCUT2D eigenvalue weighted by Gasteiger charge is 2.31. The number of aromatic nitrogens is 1. The van der Waals surface area contributed by atoms with Crippen LogP contribution in [-0.4, -0.2) is 67.1 Å². The van der Waals surface area contributed by atoms with E-state index in [0.29, 0.717) is 44.2 Å². The second-order valence-corrected chi connectivity index (χ2v) is 8.90. The van der Waals surface area contributed by atoms with E-state index in [1.54, 1.807) is 4.90 Å². The van der Waals surface area contributed by atoms with Crippen LogP contribution in [0.15, 0.2) is 0 Å². The highest BCUT2D eigenvalue weighted by molar-refractivity contribution is 6.35. The van der Waals surface area contributed by atoms with Gasteiger partial charge in [0.25, 0.3) is 0 Å². The molecule has 1 aromatic rings. The van der Waals surface area contributed by atoms with Gasteiger partial charge in [-0.1, -0.05) is 13.8 Å². The number of amides is 2. The van der Waals surface area contributed by atoms with Gasteiger partial charge in [0.1, 0.15) is 11.9 Å². The van der Waals surface area contributed by atoms with Crippen LogP contribution in [0.2, 0.25) is 0 Å². The van der Waals surface area contributed by atoms with Gasteiger partial charge in [-0.2, -0.15) is 5.26 Å². The molecule has 3 heterocycles. The van der Waals surface area contributed by atoms with E-state index in [1.165, 1.54) is 5.56 Å². The molecule has 2 fully saturated rings. The Kier molecular flexibility index (Phi) is 6.42. The lowest BCUT2D eigenvalue weighted by Gasteiger charge is -2.36. The Morgan fingerprint density at radius 1 is 1.19 bits per heavy atom. The van der Waals surface area contributed by atoms with Crippen LogP contribution >= 0.6 is 0 Å². The molecule has 31 heavy (non-hydrogen) atoms. The quantitative estimate of drug-likeness (QED) is 0.735. The second-order valence-electron chi connectivity index (χ2n) is 8.90. The van der Waals surface area contributed by atoms with Crippen LogP contribution in [0.5, 0.6) is 0 Å². The lowest BCUT2D eigenvalue weighted by molar-refractivity contribution is -0.146. The Bertz CT molecular complexity index is 893. The molecule has 8 nitrogen and oxygen atoms in total. The molecule has 0 saturated carbocycles. The minimum Gasteiger partial charge on any atom is -0.376 e. The largest absolute Gasteiger partial charge is 0.376 e. The molecular weight excluding hydrogens is 394 g/mol. The standard InChI is InChI=1S/C23H31N5O3/c1-15(2)20-18-7-3-6-17(18)19(13-24)21(26-20)27-8-10-28(11-9-27)23(30)22(29)25-14-16-5-4-12-31-16/h15-16H,3-12,14H2,1-2H3,(H,25,29)/t16-/m0/s1. The highest BCUT2D eigenvalue weighted by Crippen LogP contribution is 2.35. The number of carbonyl (C=O) groups excluding carboxylic acids is 2. The molecule has 1 atom stereocenters. The Hall–Kier alpha value is -2.66. The van der Waals surface area contributed by atoms with Crippen LogP contribution in [0, 0.1) is 11.3 Å². The van der Waals surface area contributed by atoms with E-state index >= 15 is 0 Å². The zero-order valence-electron chi connectivity index (χ0n) is 18.4. The summed E-state index contributed by atoms with van der Waals surface area (Å²) in [6, 6.07) is 2.39. The molecule has 2 aliphatic heterocycles. The van der Waals surface area contributed by atoms with E-state index in [1.807, 2.05) is 0 Å². The molecule has 166 valence electrons. The number of ether oxygens (including phenoxy) is 1. The Morgan fingerprint density at radius 3 is 2.58 bits per heavy atom. The first kappa shape index (κ1) is 21.6. The van der Waals surface area contributed by atoms with Crippen molar-refractivity contribution in [2.75, 3.05) is 44.2 Å².